The maximum atomic E-state index is 10.2. The number of carbonyl (C=O) groups is 1. The normalized spacial score (nSPS) is 23.8. The molecule has 1 saturated heterocycles. The van der Waals surface area contributed by atoms with Gasteiger partial charge in [-0.05, 0) is 0 Å². The third kappa shape index (κ3) is 4.19. The van der Waals surface area contributed by atoms with Crippen molar-refractivity contribution in [3.8, 4) is 0 Å². The van der Waals surface area contributed by atoms with E-state index in [0.717, 1.165) is 6.54 Å². The number of ether oxygens (including phenoxy) is 1. The maximum Gasteiger partial charge on any atom is 0.305 e. The van der Waals surface area contributed by atoms with E-state index >= 15 is 0 Å². The summed E-state index contributed by atoms with van der Waals surface area (Å²) in [5.74, 6) is -0.775. The quantitative estimate of drug-likeness (QED) is 0.623. The highest BCUT2D eigenvalue weighted by atomic mass is 35.5. The van der Waals surface area contributed by atoms with E-state index in [-0.39, 0.29) is 24.9 Å². The van der Waals surface area contributed by atoms with Gasteiger partial charge in [-0.15, -0.1) is 12.4 Å². The van der Waals surface area contributed by atoms with Gasteiger partial charge in [0.25, 0.3) is 0 Å². The molecule has 11 heavy (non-hydrogen) atoms. The monoisotopic (exact) mass is 181 g/mol. The molecule has 0 saturated carbocycles. The van der Waals surface area contributed by atoms with E-state index in [0.29, 0.717) is 13.2 Å². The Bertz CT molecular complexity index is 125. The molecule has 0 amide bonds. The van der Waals surface area contributed by atoms with Crippen LogP contribution in [-0.2, 0) is 9.53 Å². The van der Waals surface area contributed by atoms with Crippen LogP contribution in [0.5, 0.6) is 0 Å². The van der Waals surface area contributed by atoms with Crippen LogP contribution in [0, 0.1) is 0 Å². The van der Waals surface area contributed by atoms with E-state index in [2.05, 4.69) is 5.32 Å². The number of halogens is 1. The Morgan fingerprint density at radius 3 is 2.91 bits per heavy atom. The summed E-state index contributed by atoms with van der Waals surface area (Å²) in [5, 5.41) is 11.4. The number of nitrogens with one attached hydrogen (secondary N) is 1. The van der Waals surface area contributed by atoms with Crippen LogP contribution in [0.2, 0.25) is 0 Å². The predicted molar refractivity (Wildman–Crippen MR) is 42.1 cm³/mol. The third-order valence-corrected chi connectivity index (χ3v) is 1.42. The summed E-state index contributed by atoms with van der Waals surface area (Å²) < 4.78 is 5.06. The minimum Gasteiger partial charge on any atom is -0.481 e. The fourth-order valence-corrected chi connectivity index (χ4v) is 0.962. The lowest BCUT2D eigenvalue weighted by Gasteiger charge is -2.21. The van der Waals surface area contributed by atoms with Gasteiger partial charge in [-0.25, -0.2) is 0 Å². The molecule has 1 fully saturated rings. The highest BCUT2D eigenvalue weighted by molar-refractivity contribution is 5.85. The third-order valence-electron chi connectivity index (χ3n) is 1.42. The van der Waals surface area contributed by atoms with Crippen LogP contribution in [0.3, 0.4) is 0 Å². The molecule has 0 aromatic carbocycles. The first kappa shape index (κ1) is 10.7. The molecule has 1 atom stereocenters. The van der Waals surface area contributed by atoms with Crippen molar-refractivity contribution < 1.29 is 14.6 Å². The van der Waals surface area contributed by atoms with Gasteiger partial charge in [0.2, 0.25) is 0 Å². The molecule has 4 nitrogen and oxygen atoms in total. The summed E-state index contributed by atoms with van der Waals surface area (Å²) in [7, 11) is 0. The maximum absolute atomic E-state index is 10.2. The topological polar surface area (TPSA) is 58.6 Å². The van der Waals surface area contributed by atoms with Gasteiger partial charge in [-0.2, -0.15) is 0 Å². The average Bonchev–Trinajstić information content (AvgIpc) is 1.88. The second-order valence-corrected chi connectivity index (χ2v) is 2.32. The Labute approximate surface area is 71.3 Å². The zero-order valence-electron chi connectivity index (χ0n) is 6.08. The molecule has 1 heterocycles. The van der Waals surface area contributed by atoms with E-state index in [1.807, 2.05) is 0 Å². The summed E-state index contributed by atoms with van der Waals surface area (Å²) in [6.07, 6.45) is 0.153. The number of carboxylic acid groups (broad SMARTS) is 1. The summed E-state index contributed by atoms with van der Waals surface area (Å²) in [6, 6.07) is 0.00579. The summed E-state index contributed by atoms with van der Waals surface area (Å²) in [5.41, 5.74) is 0. The highest BCUT2D eigenvalue weighted by Crippen LogP contribution is 1.97. The lowest BCUT2D eigenvalue weighted by atomic mass is 10.2. The fourth-order valence-electron chi connectivity index (χ4n) is 0.962. The molecule has 0 bridgehead atoms. The molecule has 0 aromatic heterocycles. The smallest absolute Gasteiger partial charge is 0.305 e. The zero-order valence-corrected chi connectivity index (χ0v) is 6.89. The molecule has 5 heteroatoms. The first-order valence-corrected chi connectivity index (χ1v) is 3.32. The van der Waals surface area contributed by atoms with Crippen molar-refractivity contribution >= 4 is 18.4 Å². The molecule has 0 aromatic rings. The van der Waals surface area contributed by atoms with Crippen molar-refractivity contribution in [1.82, 2.24) is 5.32 Å². The van der Waals surface area contributed by atoms with Crippen LogP contribution in [0.4, 0.5) is 0 Å². The summed E-state index contributed by atoms with van der Waals surface area (Å²) >= 11 is 0. The largest absolute Gasteiger partial charge is 0.481 e. The standard InChI is InChI=1S/C6H11NO3.ClH/c8-6(9)3-5-4-10-2-1-7-5;/h5,7H,1-4H2,(H,8,9);1H/t5-;/m0./s1. The van der Waals surface area contributed by atoms with Gasteiger partial charge >= 0.3 is 5.97 Å². The molecule has 66 valence electrons. The number of morpholine rings is 1. The van der Waals surface area contributed by atoms with Gasteiger partial charge in [0.15, 0.2) is 0 Å². The first-order valence-electron chi connectivity index (χ1n) is 3.32. The number of aliphatic carboxylic acids is 1. The van der Waals surface area contributed by atoms with Crippen LogP contribution >= 0.6 is 12.4 Å². The van der Waals surface area contributed by atoms with Crippen molar-refractivity contribution in [2.75, 3.05) is 19.8 Å². The Kier molecular flexibility index (Phi) is 5.19. The van der Waals surface area contributed by atoms with Crippen molar-refractivity contribution in [1.29, 1.82) is 0 Å². The van der Waals surface area contributed by atoms with E-state index < -0.39 is 5.97 Å². The molecule has 2 N–H and O–H groups in total. The Hall–Kier alpha value is -0.320. The lowest BCUT2D eigenvalue weighted by molar-refractivity contribution is -0.138. The molecule has 1 aliphatic heterocycles. The van der Waals surface area contributed by atoms with Crippen LogP contribution in [-0.4, -0.2) is 36.9 Å². The SMILES string of the molecule is Cl.O=C(O)C[C@H]1COCCN1. The van der Waals surface area contributed by atoms with Gasteiger partial charge in [-0.1, -0.05) is 0 Å². The lowest BCUT2D eigenvalue weighted by Crippen LogP contribution is -2.42. The van der Waals surface area contributed by atoms with Crippen LogP contribution in [0.15, 0.2) is 0 Å². The minimum atomic E-state index is -0.775. The van der Waals surface area contributed by atoms with Gasteiger partial charge < -0.3 is 15.2 Å². The minimum absolute atomic E-state index is 0. The van der Waals surface area contributed by atoms with Crippen LogP contribution < -0.4 is 5.32 Å². The predicted octanol–water partition coefficient (Wildman–Crippen LogP) is -0.129. The molecule has 0 radical (unpaired) electrons. The van der Waals surface area contributed by atoms with Crippen molar-refractivity contribution in [2.45, 2.75) is 12.5 Å². The Balaban J connectivity index is 0.000001000. The van der Waals surface area contributed by atoms with Gasteiger partial charge in [-0.3, -0.25) is 4.79 Å². The van der Waals surface area contributed by atoms with Gasteiger partial charge in [0.1, 0.15) is 0 Å². The van der Waals surface area contributed by atoms with Crippen molar-refractivity contribution in [2.24, 2.45) is 0 Å². The first-order chi connectivity index (χ1) is 4.79. The average molecular weight is 182 g/mol. The molecular weight excluding hydrogens is 170 g/mol. The number of carboxylic acids is 1. The van der Waals surface area contributed by atoms with Crippen LogP contribution in [0.25, 0.3) is 0 Å². The van der Waals surface area contributed by atoms with Crippen LogP contribution in [0.1, 0.15) is 6.42 Å². The number of hydrogen-bond donors (Lipinski definition) is 2. The van der Waals surface area contributed by atoms with Crippen molar-refractivity contribution in [3.05, 3.63) is 0 Å². The highest BCUT2D eigenvalue weighted by Gasteiger charge is 2.15. The zero-order chi connectivity index (χ0) is 7.40. The molecule has 1 aliphatic rings. The molecule has 1 rings (SSSR count). The number of rotatable bonds is 2. The summed E-state index contributed by atoms with van der Waals surface area (Å²) in [4.78, 5) is 10.2. The van der Waals surface area contributed by atoms with E-state index in [1.165, 1.54) is 0 Å². The second-order valence-electron chi connectivity index (χ2n) is 2.32. The number of hydrogen-bond acceptors (Lipinski definition) is 3. The second kappa shape index (κ2) is 5.35. The Morgan fingerprint density at radius 2 is 2.45 bits per heavy atom. The van der Waals surface area contributed by atoms with Gasteiger partial charge in [0.05, 0.1) is 19.6 Å². The fraction of sp³-hybridized carbons (Fsp3) is 0.833. The molecular formula is C6H12ClNO3. The van der Waals surface area contributed by atoms with E-state index in [9.17, 15) is 4.79 Å². The van der Waals surface area contributed by atoms with Crippen molar-refractivity contribution in [3.63, 3.8) is 0 Å². The van der Waals surface area contributed by atoms with E-state index in [1.54, 1.807) is 0 Å². The molecule has 0 aliphatic carbocycles. The molecule has 0 spiro atoms. The summed E-state index contributed by atoms with van der Waals surface area (Å²) in [6.45, 7) is 1.97. The van der Waals surface area contributed by atoms with E-state index in [4.69, 9.17) is 9.84 Å². The van der Waals surface area contributed by atoms with Gasteiger partial charge in [0, 0.05) is 12.6 Å². The Morgan fingerprint density at radius 1 is 1.73 bits per heavy atom. The molecule has 0 unspecified atom stereocenters.